The average Bonchev–Trinajstić information content (AvgIpc) is 2.53. The highest BCUT2D eigenvalue weighted by Gasteiger charge is 2.13. The summed E-state index contributed by atoms with van der Waals surface area (Å²) in [6, 6.07) is 8.33. The van der Waals surface area contributed by atoms with Crippen molar-refractivity contribution in [1.29, 1.82) is 15.8 Å². The van der Waals surface area contributed by atoms with E-state index in [1.165, 1.54) is 13.2 Å². The van der Waals surface area contributed by atoms with Gasteiger partial charge >= 0.3 is 0 Å². The minimum absolute atomic E-state index is 0.0215. The Morgan fingerprint density at radius 2 is 1.91 bits per heavy atom. The standard InChI is InChI=1S/C16H13ClN4O2/c1-3-23-14-6-10(5-13(17)16(14)22-2)4-11(7-18)15(21)12(8-19)9-20/h4-6H,3,21H2,1-2H3/b11-4+. The van der Waals surface area contributed by atoms with Gasteiger partial charge in [-0.2, -0.15) is 15.8 Å². The minimum atomic E-state index is -0.331. The first-order valence-electron chi connectivity index (χ1n) is 6.44. The van der Waals surface area contributed by atoms with E-state index in [1.807, 2.05) is 13.0 Å². The Labute approximate surface area is 139 Å². The molecule has 0 aromatic heterocycles. The van der Waals surface area contributed by atoms with Crippen molar-refractivity contribution in [3.8, 4) is 29.7 Å². The van der Waals surface area contributed by atoms with Crippen LogP contribution in [0.15, 0.2) is 29.0 Å². The van der Waals surface area contributed by atoms with E-state index in [1.54, 1.807) is 24.3 Å². The molecule has 7 heteroatoms. The van der Waals surface area contributed by atoms with E-state index in [0.717, 1.165) is 0 Å². The van der Waals surface area contributed by atoms with Crippen LogP contribution in [0.3, 0.4) is 0 Å². The van der Waals surface area contributed by atoms with E-state index in [4.69, 9.17) is 37.3 Å². The van der Waals surface area contributed by atoms with Gasteiger partial charge in [0.1, 0.15) is 18.2 Å². The Balaban J connectivity index is 3.48. The monoisotopic (exact) mass is 328 g/mol. The van der Waals surface area contributed by atoms with Crippen LogP contribution in [0.4, 0.5) is 0 Å². The predicted octanol–water partition coefficient (Wildman–Crippen LogP) is 2.91. The molecule has 1 aromatic rings. The fraction of sp³-hybridized carbons (Fsp3) is 0.188. The summed E-state index contributed by atoms with van der Waals surface area (Å²) in [5.74, 6) is 0.789. The number of rotatable bonds is 5. The first kappa shape index (κ1) is 17.9. The van der Waals surface area contributed by atoms with Crippen LogP contribution in [-0.4, -0.2) is 13.7 Å². The average molecular weight is 329 g/mol. The lowest BCUT2D eigenvalue weighted by Crippen LogP contribution is -2.03. The van der Waals surface area contributed by atoms with Crippen LogP contribution in [-0.2, 0) is 0 Å². The van der Waals surface area contributed by atoms with E-state index < -0.39 is 0 Å². The molecule has 1 aromatic carbocycles. The molecule has 0 heterocycles. The summed E-state index contributed by atoms with van der Waals surface area (Å²) in [7, 11) is 1.47. The maximum Gasteiger partial charge on any atom is 0.179 e. The summed E-state index contributed by atoms with van der Waals surface area (Å²) in [4.78, 5) is 0. The molecule has 0 amide bonds. The molecule has 0 spiro atoms. The minimum Gasteiger partial charge on any atom is -0.491 e. The van der Waals surface area contributed by atoms with Gasteiger partial charge in [-0.15, -0.1) is 0 Å². The molecule has 0 bridgehead atoms. The van der Waals surface area contributed by atoms with Crippen LogP contribution in [0, 0.1) is 34.0 Å². The third-order valence-electron chi connectivity index (χ3n) is 2.75. The maximum atomic E-state index is 9.20. The van der Waals surface area contributed by atoms with Crippen molar-refractivity contribution in [2.75, 3.05) is 13.7 Å². The highest BCUT2D eigenvalue weighted by Crippen LogP contribution is 2.37. The Morgan fingerprint density at radius 1 is 1.26 bits per heavy atom. The molecule has 0 aliphatic heterocycles. The topological polar surface area (TPSA) is 116 Å². The molecule has 0 aliphatic rings. The van der Waals surface area contributed by atoms with E-state index in [2.05, 4.69) is 0 Å². The summed E-state index contributed by atoms with van der Waals surface area (Å²) in [5.41, 5.74) is 5.66. The van der Waals surface area contributed by atoms with Crippen molar-refractivity contribution in [2.45, 2.75) is 6.92 Å². The number of benzene rings is 1. The molecule has 1 rings (SSSR count). The lowest BCUT2D eigenvalue weighted by molar-refractivity contribution is 0.311. The van der Waals surface area contributed by atoms with Crippen molar-refractivity contribution in [3.05, 3.63) is 39.6 Å². The molecular weight excluding hydrogens is 316 g/mol. The predicted molar refractivity (Wildman–Crippen MR) is 85.2 cm³/mol. The molecular formula is C16H13ClN4O2. The summed E-state index contributed by atoms with van der Waals surface area (Å²) < 4.78 is 10.6. The van der Waals surface area contributed by atoms with Gasteiger partial charge in [0.25, 0.3) is 0 Å². The summed E-state index contributed by atoms with van der Waals surface area (Å²) in [6.07, 6.45) is 1.41. The van der Waals surface area contributed by atoms with E-state index >= 15 is 0 Å². The SMILES string of the molecule is CCOc1cc(/C=C(\C#N)C(N)=C(C#N)C#N)cc(Cl)c1OC. The highest BCUT2D eigenvalue weighted by molar-refractivity contribution is 6.32. The Hall–Kier alpha value is -3.14. The number of hydrogen-bond acceptors (Lipinski definition) is 6. The van der Waals surface area contributed by atoms with Crippen LogP contribution in [0.5, 0.6) is 11.5 Å². The van der Waals surface area contributed by atoms with Crippen LogP contribution in [0.2, 0.25) is 5.02 Å². The van der Waals surface area contributed by atoms with Crippen molar-refractivity contribution < 1.29 is 9.47 Å². The highest BCUT2D eigenvalue weighted by atomic mass is 35.5. The van der Waals surface area contributed by atoms with Crippen molar-refractivity contribution >= 4 is 17.7 Å². The Kier molecular flexibility index (Phi) is 6.49. The summed E-state index contributed by atoms with van der Waals surface area (Å²) >= 11 is 6.13. The number of nitriles is 3. The normalized spacial score (nSPS) is 10.0. The van der Waals surface area contributed by atoms with E-state index in [9.17, 15) is 5.26 Å². The number of nitrogens with zero attached hydrogens (tertiary/aromatic N) is 3. The quantitative estimate of drug-likeness (QED) is 0.656. The molecule has 0 atom stereocenters. The molecule has 116 valence electrons. The molecule has 0 saturated carbocycles. The fourth-order valence-corrected chi connectivity index (χ4v) is 2.05. The van der Waals surface area contributed by atoms with E-state index in [0.29, 0.717) is 28.7 Å². The second-order valence-electron chi connectivity index (χ2n) is 4.15. The number of methoxy groups -OCH3 is 1. The molecule has 0 aliphatic carbocycles. The summed E-state index contributed by atoms with van der Waals surface area (Å²) in [5, 5.41) is 27.2. The number of nitrogens with two attached hydrogens (primary N) is 1. The lowest BCUT2D eigenvalue weighted by Gasteiger charge is -2.12. The molecule has 0 radical (unpaired) electrons. The molecule has 0 saturated heterocycles. The first-order valence-corrected chi connectivity index (χ1v) is 6.82. The molecule has 0 unspecified atom stereocenters. The van der Waals surface area contributed by atoms with Gasteiger partial charge in [0.05, 0.1) is 30.0 Å². The smallest absolute Gasteiger partial charge is 0.179 e. The van der Waals surface area contributed by atoms with Gasteiger partial charge in [-0.05, 0) is 30.7 Å². The van der Waals surface area contributed by atoms with Gasteiger partial charge in [0, 0.05) is 0 Å². The summed E-state index contributed by atoms with van der Waals surface area (Å²) in [6.45, 7) is 2.21. The van der Waals surface area contributed by atoms with Gasteiger partial charge in [0.2, 0.25) is 0 Å². The maximum absolute atomic E-state index is 9.20. The number of allylic oxidation sites excluding steroid dienone is 2. The van der Waals surface area contributed by atoms with Crippen molar-refractivity contribution in [1.82, 2.24) is 0 Å². The zero-order valence-corrected chi connectivity index (χ0v) is 13.3. The fourth-order valence-electron chi connectivity index (χ4n) is 1.75. The number of halogens is 1. The first-order chi connectivity index (χ1) is 11.0. The van der Waals surface area contributed by atoms with Crippen LogP contribution < -0.4 is 15.2 Å². The molecule has 2 N–H and O–H groups in total. The number of hydrogen-bond donors (Lipinski definition) is 1. The third kappa shape index (κ3) is 4.17. The Bertz CT molecular complexity index is 776. The zero-order valence-electron chi connectivity index (χ0n) is 12.6. The molecule has 23 heavy (non-hydrogen) atoms. The molecule has 6 nitrogen and oxygen atoms in total. The van der Waals surface area contributed by atoms with Crippen LogP contribution >= 0.6 is 11.6 Å². The van der Waals surface area contributed by atoms with Gasteiger partial charge in [0.15, 0.2) is 17.1 Å². The van der Waals surface area contributed by atoms with Crippen LogP contribution in [0.25, 0.3) is 6.08 Å². The second-order valence-corrected chi connectivity index (χ2v) is 4.56. The van der Waals surface area contributed by atoms with Gasteiger partial charge < -0.3 is 15.2 Å². The Morgan fingerprint density at radius 3 is 2.39 bits per heavy atom. The van der Waals surface area contributed by atoms with E-state index in [-0.39, 0.29) is 16.8 Å². The molecule has 0 fully saturated rings. The van der Waals surface area contributed by atoms with Gasteiger partial charge in [-0.25, -0.2) is 0 Å². The lowest BCUT2D eigenvalue weighted by atomic mass is 10.1. The third-order valence-corrected chi connectivity index (χ3v) is 3.03. The zero-order chi connectivity index (χ0) is 17.4. The number of ether oxygens (including phenoxy) is 2. The van der Waals surface area contributed by atoms with Gasteiger partial charge in [-0.1, -0.05) is 11.6 Å². The van der Waals surface area contributed by atoms with Crippen molar-refractivity contribution in [2.24, 2.45) is 5.73 Å². The van der Waals surface area contributed by atoms with Gasteiger partial charge in [-0.3, -0.25) is 0 Å². The van der Waals surface area contributed by atoms with Crippen LogP contribution in [0.1, 0.15) is 12.5 Å². The largest absolute Gasteiger partial charge is 0.491 e. The second kappa shape index (κ2) is 8.34. The van der Waals surface area contributed by atoms with Crippen molar-refractivity contribution in [3.63, 3.8) is 0 Å².